The van der Waals surface area contributed by atoms with Crippen molar-refractivity contribution < 1.29 is 19.1 Å². The molecule has 0 aliphatic heterocycles. The summed E-state index contributed by atoms with van der Waals surface area (Å²) in [5.74, 6) is -0.460. The number of benzene rings is 1. The number of amides is 1. The van der Waals surface area contributed by atoms with Crippen LogP contribution in [0.4, 0.5) is 4.79 Å². The number of carbonyl (C=O) groups is 2. The van der Waals surface area contributed by atoms with E-state index in [1.807, 2.05) is 37.3 Å². The van der Waals surface area contributed by atoms with Crippen molar-refractivity contribution in [3.05, 3.63) is 35.9 Å². The van der Waals surface area contributed by atoms with Gasteiger partial charge in [0.05, 0.1) is 7.11 Å². The van der Waals surface area contributed by atoms with E-state index >= 15 is 0 Å². The lowest BCUT2D eigenvalue weighted by Gasteiger charge is -2.15. The van der Waals surface area contributed by atoms with Gasteiger partial charge in [0.1, 0.15) is 12.6 Å². The molecule has 0 aliphatic rings. The summed E-state index contributed by atoms with van der Waals surface area (Å²) >= 11 is 0. The molecule has 1 unspecified atom stereocenters. The minimum Gasteiger partial charge on any atom is -0.467 e. The highest BCUT2D eigenvalue weighted by Crippen LogP contribution is 2.03. The van der Waals surface area contributed by atoms with Crippen LogP contribution in [0.25, 0.3) is 0 Å². The maximum Gasteiger partial charge on any atom is 0.408 e. The van der Waals surface area contributed by atoms with Crippen molar-refractivity contribution in [2.45, 2.75) is 32.4 Å². The normalized spacial score (nSPS) is 11.5. The molecule has 0 aliphatic carbocycles. The molecule has 19 heavy (non-hydrogen) atoms. The lowest BCUT2D eigenvalue weighted by molar-refractivity contribution is -0.143. The van der Waals surface area contributed by atoms with E-state index in [4.69, 9.17) is 4.74 Å². The van der Waals surface area contributed by atoms with Gasteiger partial charge in [-0.3, -0.25) is 0 Å². The van der Waals surface area contributed by atoms with Gasteiger partial charge in [0, 0.05) is 0 Å². The number of carbonyl (C=O) groups excluding carboxylic acids is 2. The minimum atomic E-state index is -0.654. The molecule has 0 radical (unpaired) electrons. The Balaban J connectivity index is 2.42. The Kier molecular flexibility index (Phi) is 6.43. The number of methoxy groups -OCH3 is 1. The van der Waals surface area contributed by atoms with Crippen molar-refractivity contribution in [2.75, 3.05) is 7.11 Å². The Morgan fingerprint density at radius 2 is 1.95 bits per heavy atom. The summed E-state index contributed by atoms with van der Waals surface area (Å²) in [6, 6.07) is 8.68. The predicted octanol–water partition coefficient (Wildman–Crippen LogP) is 2.25. The van der Waals surface area contributed by atoms with Gasteiger partial charge in [0.2, 0.25) is 0 Å². The molecule has 1 atom stereocenters. The first-order valence-electron chi connectivity index (χ1n) is 6.22. The molecule has 0 saturated carbocycles. The van der Waals surface area contributed by atoms with Gasteiger partial charge in [0.15, 0.2) is 0 Å². The van der Waals surface area contributed by atoms with Crippen molar-refractivity contribution in [3.63, 3.8) is 0 Å². The fourth-order valence-electron chi connectivity index (χ4n) is 1.59. The van der Waals surface area contributed by atoms with Crippen molar-refractivity contribution >= 4 is 12.1 Å². The third kappa shape index (κ3) is 5.42. The smallest absolute Gasteiger partial charge is 0.408 e. The molecule has 0 fully saturated rings. The number of hydrogen-bond acceptors (Lipinski definition) is 4. The summed E-state index contributed by atoms with van der Waals surface area (Å²) in [4.78, 5) is 23.0. The fraction of sp³-hybridized carbons (Fsp3) is 0.429. The number of rotatable bonds is 6. The Bertz CT molecular complexity index is 405. The highest BCUT2D eigenvalue weighted by atomic mass is 16.6. The van der Waals surface area contributed by atoms with E-state index in [1.165, 1.54) is 7.11 Å². The molecule has 1 rings (SSSR count). The maximum atomic E-state index is 11.6. The van der Waals surface area contributed by atoms with E-state index in [-0.39, 0.29) is 6.61 Å². The largest absolute Gasteiger partial charge is 0.467 e. The van der Waals surface area contributed by atoms with Crippen molar-refractivity contribution in [3.8, 4) is 0 Å². The summed E-state index contributed by atoms with van der Waals surface area (Å²) in [5, 5.41) is 2.50. The predicted molar refractivity (Wildman–Crippen MR) is 70.5 cm³/mol. The molecule has 5 heteroatoms. The molecule has 1 aromatic rings. The monoisotopic (exact) mass is 265 g/mol. The summed E-state index contributed by atoms with van der Waals surface area (Å²) in [6.07, 6.45) is 0.666. The van der Waals surface area contributed by atoms with E-state index in [0.29, 0.717) is 6.42 Å². The second-order valence-electron chi connectivity index (χ2n) is 4.07. The number of nitrogens with one attached hydrogen (secondary N) is 1. The summed E-state index contributed by atoms with van der Waals surface area (Å²) in [6.45, 7) is 2.10. The molecular formula is C14H19NO4. The first-order chi connectivity index (χ1) is 9.17. The van der Waals surface area contributed by atoms with Crippen LogP contribution in [0.5, 0.6) is 0 Å². The third-order valence-corrected chi connectivity index (χ3v) is 2.57. The molecule has 1 aromatic carbocycles. The number of ether oxygens (including phenoxy) is 2. The van der Waals surface area contributed by atoms with Gasteiger partial charge in [-0.05, 0) is 12.0 Å². The quantitative estimate of drug-likeness (QED) is 0.801. The zero-order valence-electron chi connectivity index (χ0n) is 11.2. The molecule has 0 heterocycles. The molecule has 0 aromatic heterocycles. The molecule has 0 bridgehead atoms. The first kappa shape index (κ1) is 15.0. The average molecular weight is 265 g/mol. The summed E-state index contributed by atoms with van der Waals surface area (Å²) in [5.41, 5.74) is 0.891. The van der Waals surface area contributed by atoms with Gasteiger partial charge < -0.3 is 14.8 Å². The maximum absolute atomic E-state index is 11.6. The second-order valence-corrected chi connectivity index (χ2v) is 4.07. The Morgan fingerprint density at radius 3 is 2.53 bits per heavy atom. The third-order valence-electron chi connectivity index (χ3n) is 2.57. The van der Waals surface area contributed by atoms with E-state index in [9.17, 15) is 9.59 Å². The van der Waals surface area contributed by atoms with Crippen LogP contribution in [0.15, 0.2) is 30.3 Å². The van der Waals surface area contributed by atoms with E-state index in [0.717, 1.165) is 12.0 Å². The highest BCUT2D eigenvalue weighted by molar-refractivity contribution is 5.81. The van der Waals surface area contributed by atoms with Crippen LogP contribution in [0.2, 0.25) is 0 Å². The van der Waals surface area contributed by atoms with Crippen molar-refractivity contribution in [1.82, 2.24) is 5.32 Å². The van der Waals surface area contributed by atoms with Crippen LogP contribution >= 0.6 is 0 Å². The number of alkyl carbamates (subject to hydrolysis) is 1. The van der Waals surface area contributed by atoms with Crippen LogP contribution in [0.3, 0.4) is 0 Å². The van der Waals surface area contributed by atoms with Gasteiger partial charge in [0.25, 0.3) is 0 Å². The summed E-state index contributed by atoms with van der Waals surface area (Å²) < 4.78 is 9.66. The molecular weight excluding hydrogens is 246 g/mol. The lowest BCUT2D eigenvalue weighted by atomic mass is 10.2. The van der Waals surface area contributed by atoms with E-state index in [2.05, 4.69) is 10.1 Å². The summed E-state index contributed by atoms with van der Waals surface area (Å²) in [7, 11) is 1.29. The molecule has 0 spiro atoms. The van der Waals surface area contributed by atoms with Crippen LogP contribution in [0, 0.1) is 0 Å². The van der Waals surface area contributed by atoms with Crippen molar-refractivity contribution in [1.29, 1.82) is 0 Å². The van der Waals surface area contributed by atoms with E-state index in [1.54, 1.807) is 0 Å². The first-order valence-corrected chi connectivity index (χ1v) is 6.22. The zero-order chi connectivity index (χ0) is 14.1. The Labute approximate surface area is 112 Å². The fourth-order valence-corrected chi connectivity index (χ4v) is 1.59. The van der Waals surface area contributed by atoms with Crippen LogP contribution in [-0.4, -0.2) is 25.2 Å². The average Bonchev–Trinajstić information content (AvgIpc) is 2.45. The Morgan fingerprint density at radius 1 is 1.26 bits per heavy atom. The molecule has 0 saturated heterocycles. The standard InChI is InChI=1S/C14H19NO4/c1-3-7-12(13(16)18-2)15-14(17)19-10-11-8-5-4-6-9-11/h4-6,8-9,12H,3,7,10H2,1-2H3,(H,15,17). The SMILES string of the molecule is CCCC(NC(=O)OCc1ccccc1)C(=O)OC. The van der Waals surface area contributed by atoms with E-state index < -0.39 is 18.1 Å². The van der Waals surface area contributed by atoms with Crippen molar-refractivity contribution in [2.24, 2.45) is 0 Å². The van der Waals surface area contributed by atoms with Crippen LogP contribution in [-0.2, 0) is 20.9 Å². The molecule has 104 valence electrons. The van der Waals surface area contributed by atoms with Crippen LogP contribution in [0.1, 0.15) is 25.3 Å². The van der Waals surface area contributed by atoms with Gasteiger partial charge >= 0.3 is 12.1 Å². The minimum absolute atomic E-state index is 0.173. The van der Waals surface area contributed by atoms with Crippen LogP contribution < -0.4 is 5.32 Å². The lowest BCUT2D eigenvalue weighted by Crippen LogP contribution is -2.41. The molecule has 1 N–H and O–H groups in total. The number of esters is 1. The van der Waals surface area contributed by atoms with Gasteiger partial charge in [-0.2, -0.15) is 0 Å². The molecule has 5 nitrogen and oxygen atoms in total. The van der Waals surface area contributed by atoms with Gasteiger partial charge in [-0.1, -0.05) is 43.7 Å². The molecule has 1 amide bonds. The van der Waals surface area contributed by atoms with Gasteiger partial charge in [-0.25, -0.2) is 9.59 Å². The Hall–Kier alpha value is -2.04. The topological polar surface area (TPSA) is 64.6 Å². The highest BCUT2D eigenvalue weighted by Gasteiger charge is 2.20. The zero-order valence-corrected chi connectivity index (χ0v) is 11.2. The van der Waals surface area contributed by atoms with Gasteiger partial charge in [-0.15, -0.1) is 0 Å². The second kappa shape index (κ2) is 8.13. The number of hydrogen-bond donors (Lipinski definition) is 1.